The van der Waals surface area contributed by atoms with Crippen molar-refractivity contribution >= 4 is 19.4 Å². The van der Waals surface area contributed by atoms with Gasteiger partial charge in [-0.3, -0.25) is 9.88 Å². The molecule has 0 unspecified atom stereocenters. The lowest BCUT2D eigenvalue weighted by Crippen LogP contribution is -2.44. The SMILES string of the molecule is COP(=O)(OC)[C@H]1N[C@H](C(C)C)SC12CCCCC2. The van der Waals surface area contributed by atoms with Crippen molar-refractivity contribution in [1.82, 2.24) is 5.32 Å². The van der Waals surface area contributed by atoms with E-state index in [4.69, 9.17) is 9.05 Å². The Kier molecular flexibility index (Phi) is 5.06. The summed E-state index contributed by atoms with van der Waals surface area (Å²) in [6, 6.07) is 0. The maximum absolute atomic E-state index is 12.9. The Hall–Kier alpha value is 0.460. The fraction of sp³-hybridized carbons (Fsp3) is 1.00. The van der Waals surface area contributed by atoms with Gasteiger partial charge in [-0.1, -0.05) is 33.1 Å². The second-order valence-corrected chi connectivity index (χ2v) is 9.77. The van der Waals surface area contributed by atoms with Gasteiger partial charge in [-0.2, -0.15) is 0 Å². The molecule has 0 aromatic carbocycles. The third-order valence-corrected chi connectivity index (χ3v) is 8.83. The molecule has 0 aromatic rings. The van der Waals surface area contributed by atoms with Crippen molar-refractivity contribution in [2.24, 2.45) is 5.92 Å². The van der Waals surface area contributed by atoms with Crippen LogP contribution in [0, 0.1) is 5.92 Å². The molecule has 1 aliphatic carbocycles. The summed E-state index contributed by atoms with van der Waals surface area (Å²) in [6.45, 7) is 4.40. The maximum Gasteiger partial charge on any atom is 0.348 e. The van der Waals surface area contributed by atoms with Crippen LogP contribution in [-0.4, -0.2) is 30.1 Å². The van der Waals surface area contributed by atoms with Crippen molar-refractivity contribution in [1.29, 1.82) is 0 Å². The molecule has 0 radical (unpaired) electrons. The van der Waals surface area contributed by atoms with Crippen LogP contribution in [0.3, 0.4) is 0 Å². The number of thioether (sulfide) groups is 1. The third kappa shape index (κ3) is 2.91. The summed E-state index contributed by atoms with van der Waals surface area (Å²) < 4.78 is 23.5. The second-order valence-electron chi connectivity index (χ2n) is 5.88. The summed E-state index contributed by atoms with van der Waals surface area (Å²) in [6.07, 6.45) is 5.92. The van der Waals surface area contributed by atoms with Crippen molar-refractivity contribution in [2.45, 2.75) is 61.9 Å². The minimum Gasteiger partial charge on any atom is -0.311 e. The van der Waals surface area contributed by atoms with E-state index in [1.54, 1.807) is 0 Å². The minimum atomic E-state index is -3.07. The van der Waals surface area contributed by atoms with E-state index in [1.807, 2.05) is 11.8 Å². The molecule has 1 aliphatic heterocycles. The van der Waals surface area contributed by atoms with Crippen molar-refractivity contribution in [2.75, 3.05) is 14.2 Å². The Morgan fingerprint density at radius 3 is 2.26 bits per heavy atom. The highest BCUT2D eigenvalue weighted by Crippen LogP contribution is 2.64. The highest BCUT2D eigenvalue weighted by atomic mass is 32.2. The van der Waals surface area contributed by atoms with Crippen LogP contribution in [0.25, 0.3) is 0 Å². The molecular formula is C13H26NO3PS. The van der Waals surface area contributed by atoms with E-state index in [9.17, 15) is 4.57 Å². The second kappa shape index (κ2) is 6.07. The van der Waals surface area contributed by atoms with Crippen LogP contribution in [0.1, 0.15) is 46.0 Å². The van der Waals surface area contributed by atoms with Crippen LogP contribution < -0.4 is 5.32 Å². The first-order valence-electron chi connectivity index (χ1n) is 7.12. The predicted octanol–water partition coefficient (Wildman–Crippen LogP) is 3.82. The van der Waals surface area contributed by atoms with Gasteiger partial charge in [0.2, 0.25) is 0 Å². The molecule has 19 heavy (non-hydrogen) atoms. The van der Waals surface area contributed by atoms with Gasteiger partial charge in [-0.25, -0.2) is 0 Å². The van der Waals surface area contributed by atoms with Gasteiger partial charge in [0.15, 0.2) is 0 Å². The topological polar surface area (TPSA) is 47.6 Å². The zero-order chi connectivity index (χ0) is 14.1. The lowest BCUT2D eigenvalue weighted by Gasteiger charge is -2.39. The average Bonchev–Trinajstić information content (AvgIpc) is 2.79. The van der Waals surface area contributed by atoms with Gasteiger partial charge >= 0.3 is 7.60 Å². The molecule has 0 amide bonds. The van der Waals surface area contributed by atoms with Crippen molar-refractivity contribution in [3.63, 3.8) is 0 Å². The van der Waals surface area contributed by atoms with Crippen LogP contribution in [-0.2, 0) is 13.6 Å². The summed E-state index contributed by atoms with van der Waals surface area (Å²) in [7, 11) is -0.0799. The Bertz CT molecular complexity index is 350. The molecule has 0 bridgehead atoms. The van der Waals surface area contributed by atoms with Gasteiger partial charge in [0, 0.05) is 19.0 Å². The molecule has 2 aliphatic rings. The fourth-order valence-electron chi connectivity index (χ4n) is 3.19. The average molecular weight is 307 g/mol. The van der Waals surface area contributed by atoms with Crippen LogP contribution in [0.15, 0.2) is 0 Å². The van der Waals surface area contributed by atoms with Crippen LogP contribution in [0.2, 0.25) is 0 Å². The summed E-state index contributed by atoms with van der Waals surface area (Å²) in [4.78, 5) is 0. The molecule has 2 atom stereocenters. The lowest BCUT2D eigenvalue weighted by molar-refractivity contribution is 0.239. The molecule has 6 heteroatoms. The molecule has 1 saturated carbocycles. The van der Waals surface area contributed by atoms with Crippen molar-refractivity contribution in [3.8, 4) is 0 Å². The number of nitrogens with one attached hydrogen (secondary N) is 1. The summed E-state index contributed by atoms with van der Waals surface area (Å²) in [5.74, 6) is 0.337. The van der Waals surface area contributed by atoms with E-state index in [0.717, 1.165) is 12.8 Å². The molecule has 1 spiro atoms. The Labute approximate surface area is 120 Å². The molecule has 2 fully saturated rings. The van der Waals surface area contributed by atoms with Gasteiger partial charge in [0.25, 0.3) is 0 Å². The van der Waals surface area contributed by atoms with E-state index in [0.29, 0.717) is 11.3 Å². The van der Waals surface area contributed by atoms with Crippen LogP contribution in [0.4, 0.5) is 0 Å². The molecule has 0 aromatic heterocycles. The molecule has 112 valence electrons. The standard InChI is InChI=1S/C13H26NO3PS/c1-10(2)11-14-12(18(15,16-3)17-4)13(19-11)8-6-5-7-9-13/h10-12,14H,5-9H2,1-4H3/t11-,12+/m0/s1. The lowest BCUT2D eigenvalue weighted by atomic mass is 9.88. The van der Waals surface area contributed by atoms with Gasteiger partial charge in [0.05, 0.1) is 5.37 Å². The largest absolute Gasteiger partial charge is 0.348 e. The van der Waals surface area contributed by atoms with E-state index < -0.39 is 7.60 Å². The Morgan fingerprint density at radius 1 is 1.21 bits per heavy atom. The first-order valence-corrected chi connectivity index (χ1v) is 9.61. The normalized spacial score (nSPS) is 31.2. The van der Waals surface area contributed by atoms with Crippen LogP contribution in [0.5, 0.6) is 0 Å². The maximum atomic E-state index is 12.9. The van der Waals surface area contributed by atoms with E-state index in [-0.39, 0.29) is 10.5 Å². The molecule has 1 N–H and O–H groups in total. The molecule has 4 nitrogen and oxygen atoms in total. The fourth-order valence-corrected chi connectivity index (χ4v) is 7.32. The summed E-state index contributed by atoms with van der Waals surface area (Å²) >= 11 is 1.96. The number of hydrogen-bond donors (Lipinski definition) is 1. The molecule has 1 heterocycles. The van der Waals surface area contributed by atoms with Gasteiger partial charge in [-0.15, -0.1) is 11.8 Å². The molecular weight excluding hydrogens is 281 g/mol. The zero-order valence-electron chi connectivity index (χ0n) is 12.3. The third-order valence-electron chi connectivity index (χ3n) is 4.31. The van der Waals surface area contributed by atoms with Crippen LogP contribution >= 0.6 is 19.4 Å². The van der Waals surface area contributed by atoms with Gasteiger partial charge < -0.3 is 9.05 Å². The van der Waals surface area contributed by atoms with E-state index in [2.05, 4.69) is 19.2 Å². The van der Waals surface area contributed by atoms with Gasteiger partial charge in [0.1, 0.15) is 5.78 Å². The Balaban J connectivity index is 2.29. The van der Waals surface area contributed by atoms with E-state index in [1.165, 1.54) is 33.5 Å². The monoisotopic (exact) mass is 307 g/mol. The first kappa shape index (κ1) is 15.8. The Morgan fingerprint density at radius 2 is 1.79 bits per heavy atom. The number of hydrogen-bond acceptors (Lipinski definition) is 5. The summed E-state index contributed by atoms with van der Waals surface area (Å²) in [5.41, 5.74) is 0. The predicted molar refractivity (Wildman–Crippen MR) is 80.6 cm³/mol. The van der Waals surface area contributed by atoms with Gasteiger partial charge in [-0.05, 0) is 18.8 Å². The minimum absolute atomic E-state index is 0.0226. The van der Waals surface area contributed by atoms with E-state index >= 15 is 0 Å². The smallest absolute Gasteiger partial charge is 0.311 e. The quantitative estimate of drug-likeness (QED) is 0.800. The van der Waals surface area contributed by atoms with Crippen molar-refractivity contribution < 1.29 is 13.6 Å². The van der Waals surface area contributed by atoms with Crippen molar-refractivity contribution in [3.05, 3.63) is 0 Å². The zero-order valence-corrected chi connectivity index (χ0v) is 14.1. The molecule has 2 rings (SSSR count). The number of rotatable bonds is 4. The highest BCUT2D eigenvalue weighted by molar-refractivity contribution is 8.02. The highest BCUT2D eigenvalue weighted by Gasteiger charge is 2.57. The molecule has 1 saturated heterocycles. The summed E-state index contributed by atoms with van der Waals surface area (Å²) in [5, 5.41) is 3.88. The first-order chi connectivity index (χ1) is 8.97.